The molecule has 5 heterocycles. The number of pyridine rings is 1. The molecule has 38 heavy (non-hydrogen) atoms. The molecule has 3 fully saturated rings. The topological polar surface area (TPSA) is 121 Å². The first-order valence-corrected chi connectivity index (χ1v) is 13.2. The Labute approximate surface area is 220 Å². The third-order valence-electron chi connectivity index (χ3n) is 7.87. The lowest BCUT2D eigenvalue weighted by atomic mass is 10.0. The van der Waals surface area contributed by atoms with Gasteiger partial charge in [-0.25, -0.2) is 24.9 Å². The number of hydrogen-bond donors (Lipinski definition) is 2. The van der Waals surface area contributed by atoms with Crippen LogP contribution in [0.2, 0.25) is 0 Å². The predicted octanol–water partition coefficient (Wildman–Crippen LogP) is 3.54. The number of aromatic nitrogens is 6. The van der Waals surface area contributed by atoms with Gasteiger partial charge in [-0.15, -0.1) is 0 Å². The van der Waals surface area contributed by atoms with Crippen LogP contribution in [0.3, 0.4) is 0 Å². The second-order valence-electron chi connectivity index (χ2n) is 11.3. The number of anilines is 2. The number of carbonyl (C=O) groups is 1. The highest BCUT2D eigenvalue weighted by atomic mass is 16.3. The molecule has 7 rings (SSSR count). The molecule has 4 aromatic rings. The van der Waals surface area contributed by atoms with E-state index in [1.54, 1.807) is 12.3 Å². The lowest BCUT2D eigenvalue weighted by Gasteiger charge is -2.24. The number of amides is 1. The highest BCUT2D eigenvalue weighted by molar-refractivity contribution is 5.94. The highest BCUT2D eigenvalue weighted by Crippen LogP contribution is 2.47. The van der Waals surface area contributed by atoms with Gasteiger partial charge >= 0.3 is 0 Å². The smallest absolute Gasteiger partial charge is 0.229 e. The summed E-state index contributed by atoms with van der Waals surface area (Å²) >= 11 is 0. The standard InChI is InChI=1S/C28H30N8O2/c1-16-7-8-29-26(32-16)19-9-20(19)27(37)34-23-10-25(31-15-30-23)36-14-28(2,38)11-22(36)21-13-35-12-18(17-3-4-17)5-6-24(35)33-21/h5-8,10,12-13,15,17,19-20,22,38H,3-4,9,11,14H2,1-2H3,(H,30,31,34,37)/t19?,20?,22-,28?/m1/s1. The third-order valence-corrected chi connectivity index (χ3v) is 7.87. The van der Waals surface area contributed by atoms with Crippen molar-refractivity contribution in [2.24, 2.45) is 5.92 Å². The van der Waals surface area contributed by atoms with Crippen LogP contribution in [0.25, 0.3) is 5.65 Å². The molecule has 0 spiro atoms. The number of rotatable bonds is 6. The number of nitrogens with zero attached hydrogens (tertiary/aromatic N) is 7. The first-order chi connectivity index (χ1) is 18.3. The van der Waals surface area contributed by atoms with Crippen LogP contribution in [0.1, 0.15) is 73.3 Å². The van der Waals surface area contributed by atoms with Crippen LogP contribution in [-0.4, -0.2) is 52.5 Å². The summed E-state index contributed by atoms with van der Waals surface area (Å²) in [5, 5.41) is 14.0. The van der Waals surface area contributed by atoms with E-state index in [0.717, 1.165) is 23.5 Å². The fraction of sp³-hybridized carbons (Fsp3) is 0.429. The number of hydrogen-bond acceptors (Lipinski definition) is 8. The summed E-state index contributed by atoms with van der Waals surface area (Å²) in [4.78, 5) is 37.5. The van der Waals surface area contributed by atoms with E-state index in [-0.39, 0.29) is 23.8 Å². The Morgan fingerprint density at radius 2 is 2.00 bits per heavy atom. The Morgan fingerprint density at radius 1 is 1.13 bits per heavy atom. The van der Waals surface area contributed by atoms with Crippen molar-refractivity contribution in [3.8, 4) is 0 Å². The fourth-order valence-electron chi connectivity index (χ4n) is 5.63. The molecule has 3 unspecified atom stereocenters. The molecular weight excluding hydrogens is 480 g/mol. The second-order valence-corrected chi connectivity index (χ2v) is 11.3. The molecule has 0 aromatic carbocycles. The molecule has 10 nitrogen and oxygen atoms in total. The van der Waals surface area contributed by atoms with Gasteiger partial charge in [0.15, 0.2) is 0 Å². The van der Waals surface area contributed by atoms with Gasteiger partial charge in [0.05, 0.1) is 17.3 Å². The van der Waals surface area contributed by atoms with Crippen molar-refractivity contribution in [2.75, 3.05) is 16.8 Å². The summed E-state index contributed by atoms with van der Waals surface area (Å²) in [7, 11) is 0. The van der Waals surface area contributed by atoms with Crippen LogP contribution >= 0.6 is 0 Å². The van der Waals surface area contributed by atoms with Crippen LogP contribution in [0, 0.1) is 12.8 Å². The molecule has 1 amide bonds. The van der Waals surface area contributed by atoms with Gasteiger partial charge in [0.1, 0.15) is 29.4 Å². The quantitative estimate of drug-likeness (QED) is 0.404. The molecule has 0 radical (unpaired) electrons. The second kappa shape index (κ2) is 8.56. The van der Waals surface area contributed by atoms with E-state index in [4.69, 9.17) is 4.98 Å². The number of β-amino-alcohol motifs (C(OH)–C–C–N with tert-alkyl or cyclic N) is 1. The normalized spacial score (nSPS) is 26.6. The van der Waals surface area contributed by atoms with Crippen LogP contribution in [0.15, 0.2) is 49.2 Å². The number of fused-ring (bicyclic) bond motifs is 1. The van der Waals surface area contributed by atoms with E-state index in [0.29, 0.717) is 36.3 Å². The molecule has 1 saturated heterocycles. The summed E-state index contributed by atoms with van der Waals surface area (Å²) in [6, 6.07) is 7.71. The van der Waals surface area contributed by atoms with Crippen molar-refractivity contribution in [2.45, 2.75) is 63.0 Å². The summed E-state index contributed by atoms with van der Waals surface area (Å²) < 4.78 is 2.09. The molecule has 0 bridgehead atoms. The number of imidazole rings is 1. The van der Waals surface area contributed by atoms with Gasteiger partial charge in [-0.1, -0.05) is 6.07 Å². The average molecular weight is 511 g/mol. The number of aliphatic hydroxyl groups is 1. The van der Waals surface area contributed by atoms with E-state index >= 15 is 0 Å². The Hall–Kier alpha value is -3.92. The molecule has 3 aliphatic rings. The molecule has 2 saturated carbocycles. The van der Waals surface area contributed by atoms with Gasteiger partial charge in [0.25, 0.3) is 0 Å². The van der Waals surface area contributed by atoms with Crippen LogP contribution in [0.5, 0.6) is 0 Å². The zero-order valence-electron chi connectivity index (χ0n) is 21.4. The maximum Gasteiger partial charge on any atom is 0.229 e. The van der Waals surface area contributed by atoms with Crippen molar-refractivity contribution in [1.82, 2.24) is 29.3 Å². The first kappa shape index (κ1) is 23.2. The van der Waals surface area contributed by atoms with Crippen molar-refractivity contribution in [1.29, 1.82) is 0 Å². The lowest BCUT2D eigenvalue weighted by Crippen LogP contribution is -2.30. The zero-order chi connectivity index (χ0) is 26.0. The lowest BCUT2D eigenvalue weighted by molar-refractivity contribution is -0.117. The SMILES string of the molecule is Cc1ccnc(C2CC2C(=O)Nc2cc(N3CC(C)(O)C[C@@H]3c3cn4cc(C5CC5)ccc4n3)ncn2)n1. The molecule has 194 valence electrons. The van der Waals surface area contributed by atoms with Crippen LogP contribution in [-0.2, 0) is 4.79 Å². The predicted molar refractivity (Wildman–Crippen MR) is 141 cm³/mol. The maximum absolute atomic E-state index is 13.0. The van der Waals surface area contributed by atoms with Crippen LogP contribution in [0.4, 0.5) is 11.6 Å². The largest absolute Gasteiger partial charge is 0.388 e. The first-order valence-electron chi connectivity index (χ1n) is 13.2. The number of nitrogens with one attached hydrogen (secondary N) is 1. The Kier molecular flexibility index (Phi) is 5.23. The summed E-state index contributed by atoms with van der Waals surface area (Å²) in [5.41, 5.74) is 3.12. The van der Waals surface area contributed by atoms with Crippen molar-refractivity contribution in [3.63, 3.8) is 0 Å². The number of carbonyl (C=O) groups excluding carboxylic acids is 1. The maximum atomic E-state index is 13.0. The molecule has 10 heteroatoms. The van der Waals surface area contributed by atoms with Crippen molar-refractivity contribution >= 4 is 23.2 Å². The minimum atomic E-state index is -0.900. The fourth-order valence-corrected chi connectivity index (χ4v) is 5.63. The van der Waals surface area contributed by atoms with E-state index in [1.165, 1.54) is 24.7 Å². The zero-order valence-corrected chi connectivity index (χ0v) is 21.4. The van der Waals surface area contributed by atoms with Gasteiger partial charge < -0.3 is 19.7 Å². The third kappa shape index (κ3) is 4.38. The van der Waals surface area contributed by atoms with Gasteiger partial charge in [-0.05, 0) is 56.7 Å². The Bertz CT molecular complexity index is 1540. The molecule has 4 atom stereocenters. The van der Waals surface area contributed by atoms with E-state index < -0.39 is 5.60 Å². The minimum absolute atomic E-state index is 0.0322. The Morgan fingerprint density at radius 3 is 2.82 bits per heavy atom. The Balaban J connectivity index is 1.11. The highest BCUT2D eigenvalue weighted by Gasteiger charge is 2.46. The van der Waals surface area contributed by atoms with Crippen LogP contribution < -0.4 is 10.2 Å². The van der Waals surface area contributed by atoms with Crippen molar-refractivity contribution in [3.05, 3.63) is 72.0 Å². The van der Waals surface area contributed by atoms with E-state index in [2.05, 4.69) is 59.1 Å². The molecule has 2 N–H and O–H groups in total. The molecule has 1 aliphatic heterocycles. The van der Waals surface area contributed by atoms with Gasteiger partial charge in [-0.3, -0.25) is 4.79 Å². The molecule has 4 aromatic heterocycles. The van der Waals surface area contributed by atoms with E-state index in [9.17, 15) is 9.90 Å². The van der Waals surface area contributed by atoms with Gasteiger partial charge in [-0.2, -0.15) is 0 Å². The number of aryl methyl sites for hydroxylation is 1. The summed E-state index contributed by atoms with van der Waals surface area (Å²) in [6.07, 6.45) is 11.2. The van der Waals surface area contributed by atoms with Crippen molar-refractivity contribution < 1.29 is 9.90 Å². The molecule has 2 aliphatic carbocycles. The average Bonchev–Trinajstić information content (AvgIpc) is 3.81. The minimum Gasteiger partial charge on any atom is -0.388 e. The summed E-state index contributed by atoms with van der Waals surface area (Å²) in [5.74, 6) is 2.22. The van der Waals surface area contributed by atoms with E-state index in [1.807, 2.05) is 19.9 Å². The van der Waals surface area contributed by atoms with Gasteiger partial charge in [0.2, 0.25) is 5.91 Å². The van der Waals surface area contributed by atoms with Gasteiger partial charge in [0, 0.05) is 55.2 Å². The monoisotopic (exact) mass is 510 g/mol. The summed E-state index contributed by atoms with van der Waals surface area (Å²) in [6.45, 7) is 4.16. The molecular formula is C28H30N8O2.